The molecule has 3 heteroatoms. The molecular weight excluding hydrogens is 232 g/mol. The minimum absolute atomic E-state index is 0.00573. The van der Waals surface area contributed by atoms with Crippen LogP contribution in [0.2, 0.25) is 5.02 Å². The van der Waals surface area contributed by atoms with Gasteiger partial charge in [-0.2, -0.15) is 0 Å². The van der Waals surface area contributed by atoms with Crippen molar-refractivity contribution < 1.29 is 0 Å². The van der Waals surface area contributed by atoms with E-state index < -0.39 is 0 Å². The molecule has 0 fully saturated rings. The van der Waals surface area contributed by atoms with Gasteiger partial charge in [0.1, 0.15) is 0 Å². The van der Waals surface area contributed by atoms with Gasteiger partial charge in [0.15, 0.2) is 0 Å². The normalized spacial score (nSPS) is 11.9. The summed E-state index contributed by atoms with van der Waals surface area (Å²) in [6.45, 7) is 10.9. The van der Waals surface area contributed by atoms with Gasteiger partial charge in [-0.1, -0.05) is 29.8 Å². The van der Waals surface area contributed by atoms with E-state index in [-0.39, 0.29) is 6.04 Å². The Morgan fingerprint density at radius 3 is 2.35 bits per heavy atom. The molecule has 0 spiro atoms. The van der Waals surface area contributed by atoms with Crippen LogP contribution in [0.4, 0.5) is 5.69 Å². The maximum Gasteiger partial charge on any atom is 0.0643 e. The van der Waals surface area contributed by atoms with E-state index in [0.29, 0.717) is 5.02 Å². The van der Waals surface area contributed by atoms with Crippen molar-refractivity contribution in [3.8, 4) is 0 Å². The van der Waals surface area contributed by atoms with Gasteiger partial charge in [0, 0.05) is 19.1 Å². The third-order valence-electron chi connectivity index (χ3n) is 2.54. The Hall–Kier alpha value is -1.25. The summed E-state index contributed by atoms with van der Waals surface area (Å²) in [7, 11) is 0. The van der Waals surface area contributed by atoms with Gasteiger partial charge in [-0.05, 0) is 24.6 Å². The molecule has 17 heavy (non-hydrogen) atoms. The highest BCUT2D eigenvalue weighted by Crippen LogP contribution is 2.28. The average molecular weight is 251 g/mol. The third-order valence-corrected chi connectivity index (χ3v) is 2.84. The molecule has 2 N–H and O–H groups in total. The number of hydrogen-bond acceptors (Lipinski definition) is 2. The lowest BCUT2D eigenvalue weighted by Gasteiger charge is -2.23. The van der Waals surface area contributed by atoms with E-state index in [1.165, 1.54) is 0 Å². The molecule has 0 amide bonds. The molecule has 0 aliphatic heterocycles. The smallest absolute Gasteiger partial charge is 0.0643 e. The molecule has 1 aromatic rings. The Labute approximate surface area is 108 Å². The lowest BCUT2D eigenvalue weighted by Crippen LogP contribution is -2.23. The van der Waals surface area contributed by atoms with Crippen LogP contribution in [-0.4, -0.2) is 13.1 Å². The van der Waals surface area contributed by atoms with Gasteiger partial charge in [0.25, 0.3) is 0 Å². The van der Waals surface area contributed by atoms with Crippen LogP contribution in [0.3, 0.4) is 0 Å². The monoisotopic (exact) mass is 250 g/mol. The molecule has 0 aromatic heterocycles. The predicted octanol–water partition coefficient (Wildman–Crippen LogP) is 3.54. The zero-order valence-corrected chi connectivity index (χ0v) is 11.0. The second kappa shape index (κ2) is 6.48. The Morgan fingerprint density at radius 2 is 1.94 bits per heavy atom. The highest BCUT2D eigenvalue weighted by molar-refractivity contribution is 6.33. The average Bonchev–Trinajstić information content (AvgIpc) is 2.28. The highest BCUT2D eigenvalue weighted by atomic mass is 35.5. The first-order valence-electron chi connectivity index (χ1n) is 5.62. The second-order valence-corrected chi connectivity index (χ2v) is 4.39. The van der Waals surface area contributed by atoms with Crippen molar-refractivity contribution in [3.63, 3.8) is 0 Å². The minimum Gasteiger partial charge on any atom is -0.363 e. The van der Waals surface area contributed by atoms with Crippen molar-refractivity contribution in [2.75, 3.05) is 18.0 Å². The Kier molecular flexibility index (Phi) is 5.26. The summed E-state index contributed by atoms with van der Waals surface area (Å²) in [6.07, 6.45) is 3.69. The summed E-state index contributed by atoms with van der Waals surface area (Å²) >= 11 is 6.27. The standard InChI is InChI=1S/C14H19ClN2/c1-4-8-17(9-5-2)14-7-6-12(11(3)16)10-13(14)15/h4-7,10-11H,1-2,8-9,16H2,3H3/t11-/m1/s1. The van der Waals surface area contributed by atoms with Crippen LogP contribution in [-0.2, 0) is 0 Å². The molecule has 1 rings (SSSR count). The van der Waals surface area contributed by atoms with Crippen molar-refractivity contribution in [2.24, 2.45) is 5.73 Å². The van der Waals surface area contributed by atoms with Crippen LogP contribution in [0.5, 0.6) is 0 Å². The minimum atomic E-state index is -0.00573. The number of benzene rings is 1. The van der Waals surface area contributed by atoms with Gasteiger partial charge in [0.05, 0.1) is 10.7 Å². The van der Waals surface area contributed by atoms with Gasteiger partial charge in [0.2, 0.25) is 0 Å². The van der Waals surface area contributed by atoms with E-state index in [1.807, 2.05) is 37.3 Å². The number of anilines is 1. The molecule has 0 radical (unpaired) electrons. The topological polar surface area (TPSA) is 29.3 Å². The summed E-state index contributed by atoms with van der Waals surface area (Å²) in [5.41, 5.74) is 7.84. The van der Waals surface area contributed by atoms with Crippen molar-refractivity contribution in [1.29, 1.82) is 0 Å². The van der Waals surface area contributed by atoms with E-state index in [2.05, 4.69) is 18.1 Å². The molecule has 1 atom stereocenters. The molecule has 2 nitrogen and oxygen atoms in total. The quantitative estimate of drug-likeness (QED) is 0.783. The number of halogens is 1. The molecular formula is C14H19ClN2. The van der Waals surface area contributed by atoms with Crippen LogP contribution in [0.25, 0.3) is 0 Å². The van der Waals surface area contributed by atoms with Crippen molar-refractivity contribution in [3.05, 3.63) is 54.1 Å². The maximum atomic E-state index is 6.27. The summed E-state index contributed by atoms with van der Waals surface area (Å²) in [4.78, 5) is 2.10. The van der Waals surface area contributed by atoms with Gasteiger partial charge in [-0.15, -0.1) is 13.2 Å². The number of nitrogens with zero attached hydrogens (tertiary/aromatic N) is 1. The van der Waals surface area contributed by atoms with E-state index >= 15 is 0 Å². The van der Waals surface area contributed by atoms with Crippen molar-refractivity contribution >= 4 is 17.3 Å². The molecule has 0 unspecified atom stereocenters. The zero-order valence-electron chi connectivity index (χ0n) is 10.2. The van der Waals surface area contributed by atoms with Crippen LogP contribution in [0.15, 0.2) is 43.5 Å². The molecule has 0 aliphatic carbocycles. The SMILES string of the molecule is C=CCN(CC=C)c1ccc([C@@H](C)N)cc1Cl. The fraction of sp³-hybridized carbons (Fsp3) is 0.286. The zero-order chi connectivity index (χ0) is 12.8. The Bertz CT molecular complexity index is 389. The molecule has 0 saturated carbocycles. The second-order valence-electron chi connectivity index (χ2n) is 3.98. The summed E-state index contributed by atoms with van der Waals surface area (Å²) in [5.74, 6) is 0. The largest absolute Gasteiger partial charge is 0.363 e. The Morgan fingerprint density at radius 1 is 1.35 bits per heavy atom. The number of rotatable bonds is 6. The van der Waals surface area contributed by atoms with Crippen molar-refractivity contribution in [1.82, 2.24) is 0 Å². The van der Waals surface area contributed by atoms with Crippen LogP contribution in [0, 0.1) is 0 Å². The van der Waals surface area contributed by atoms with E-state index in [0.717, 1.165) is 24.3 Å². The molecule has 1 aromatic carbocycles. The Balaban J connectivity index is 3.03. The fourth-order valence-corrected chi connectivity index (χ4v) is 1.95. The first kappa shape index (κ1) is 13.8. The van der Waals surface area contributed by atoms with Crippen LogP contribution >= 0.6 is 11.6 Å². The highest BCUT2D eigenvalue weighted by Gasteiger charge is 2.09. The lowest BCUT2D eigenvalue weighted by atomic mass is 10.1. The van der Waals surface area contributed by atoms with Gasteiger partial charge in [-0.3, -0.25) is 0 Å². The van der Waals surface area contributed by atoms with E-state index in [1.54, 1.807) is 0 Å². The summed E-state index contributed by atoms with van der Waals surface area (Å²) in [5, 5.41) is 0.712. The predicted molar refractivity (Wildman–Crippen MR) is 76.7 cm³/mol. The lowest BCUT2D eigenvalue weighted by molar-refractivity contribution is 0.817. The molecule has 0 saturated heterocycles. The molecule has 0 bridgehead atoms. The van der Waals surface area contributed by atoms with Gasteiger partial charge in [-0.25, -0.2) is 0 Å². The molecule has 0 heterocycles. The molecule has 0 aliphatic rings. The van der Waals surface area contributed by atoms with Gasteiger partial charge >= 0.3 is 0 Å². The maximum absolute atomic E-state index is 6.27. The third kappa shape index (κ3) is 3.62. The summed E-state index contributed by atoms with van der Waals surface area (Å²) < 4.78 is 0. The van der Waals surface area contributed by atoms with E-state index in [9.17, 15) is 0 Å². The summed E-state index contributed by atoms with van der Waals surface area (Å²) in [6, 6.07) is 5.91. The fourth-order valence-electron chi connectivity index (χ4n) is 1.65. The number of nitrogens with two attached hydrogens (primary N) is 1. The first-order valence-corrected chi connectivity index (χ1v) is 5.99. The van der Waals surface area contributed by atoms with Crippen LogP contribution in [0.1, 0.15) is 18.5 Å². The number of hydrogen-bond donors (Lipinski definition) is 1. The molecule has 92 valence electrons. The van der Waals surface area contributed by atoms with Crippen LogP contribution < -0.4 is 10.6 Å². The van der Waals surface area contributed by atoms with E-state index in [4.69, 9.17) is 17.3 Å². The van der Waals surface area contributed by atoms with Gasteiger partial charge < -0.3 is 10.6 Å². The first-order chi connectivity index (χ1) is 8.10. The van der Waals surface area contributed by atoms with Crippen molar-refractivity contribution in [2.45, 2.75) is 13.0 Å².